The van der Waals surface area contributed by atoms with E-state index in [0.717, 1.165) is 18.4 Å². The van der Waals surface area contributed by atoms with Gasteiger partial charge in [0.05, 0.1) is 0 Å². The largest absolute Gasteiger partial charge is 0.384 e. The molecule has 1 aromatic carbocycles. The highest BCUT2D eigenvalue weighted by molar-refractivity contribution is 5.58. The fourth-order valence-corrected chi connectivity index (χ4v) is 2.21. The molecule has 0 saturated heterocycles. The molecule has 1 aliphatic rings. The fourth-order valence-electron chi connectivity index (χ4n) is 2.21. The number of nitrogens with one attached hydrogen (secondary N) is 1. The maximum atomic E-state index is 3.56. The minimum Gasteiger partial charge on any atom is -0.384 e. The lowest BCUT2D eigenvalue weighted by Crippen LogP contribution is -2.27. The standard InChI is InChI=1S/C13H19N/c1-9(2)12-7-11-6-4-5-10(3)13(11)14-8-12/h4-6,9,12,14H,7-8H2,1-3H3. The van der Waals surface area contributed by atoms with Crippen molar-refractivity contribution in [1.29, 1.82) is 0 Å². The molecule has 1 heterocycles. The lowest BCUT2D eigenvalue weighted by atomic mass is 9.85. The number of para-hydroxylation sites is 1. The summed E-state index contributed by atoms with van der Waals surface area (Å²) < 4.78 is 0. The monoisotopic (exact) mass is 189 g/mol. The zero-order chi connectivity index (χ0) is 10.1. The molecule has 1 aromatic rings. The van der Waals surface area contributed by atoms with Crippen LogP contribution in [0, 0.1) is 18.8 Å². The number of hydrogen-bond acceptors (Lipinski definition) is 1. The molecule has 1 aliphatic heterocycles. The molecule has 76 valence electrons. The van der Waals surface area contributed by atoms with E-state index in [1.807, 2.05) is 0 Å². The maximum absolute atomic E-state index is 3.56. The number of benzene rings is 1. The molecule has 0 aromatic heterocycles. The van der Waals surface area contributed by atoms with Crippen LogP contribution in [0.3, 0.4) is 0 Å². The highest BCUT2D eigenvalue weighted by atomic mass is 14.9. The van der Waals surface area contributed by atoms with E-state index in [1.165, 1.54) is 23.2 Å². The first kappa shape index (κ1) is 9.57. The molecular formula is C13H19N. The second kappa shape index (κ2) is 3.64. The number of rotatable bonds is 1. The van der Waals surface area contributed by atoms with Crippen molar-refractivity contribution in [1.82, 2.24) is 0 Å². The Morgan fingerprint density at radius 1 is 1.36 bits per heavy atom. The Morgan fingerprint density at radius 2 is 2.14 bits per heavy atom. The van der Waals surface area contributed by atoms with E-state index in [1.54, 1.807) is 0 Å². The van der Waals surface area contributed by atoms with E-state index < -0.39 is 0 Å². The van der Waals surface area contributed by atoms with Crippen LogP contribution in [0.25, 0.3) is 0 Å². The summed E-state index contributed by atoms with van der Waals surface area (Å²) in [5.41, 5.74) is 4.25. The number of hydrogen-bond donors (Lipinski definition) is 1. The van der Waals surface area contributed by atoms with E-state index in [-0.39, 0.29) is 0 Å². The van der Waals surface area contributed by atoms with Gasteiger partial charge in [0.25, 0.3) is 0 Å². The van der Waals surface area contributed by atoms with Gasteiger partial charge in [-0.25, -0.2) is 0 Å². The fraction of sp³-hybridized carbons (Fsp3) is 0.538. The van der Waals surface area contributed by atoms with Crippen LogP contribution >= 0.6 is 0 Å². The van der Waals surface area contributed by atoms with Crippen molar-refractivity contribution in [3.05, 3.63) is 29.3 Å². The van der Waals surface area contributed by atoms with Crippen molar-refractivity contribution in [2.75, 3.05) is 11.9 Å². The summed E-state index contributed by atoms with van der Waals surface area (Å²) in [6, 6.07) is 6.60. The van der Waals surface area contributed by atoms with E-state index in [2.05, 4.69) is 44.3 Å². The van der Waals surface area contributed by atoms with Gasteiger partial charge in [-0.1, -0.05) is 32.0 Å². The lowest BCUT2D eigenvalue weighted by Gasteiger charge is -2.29. The van der Waals surface area contributed by atoms with Crippen molar-refractivity contribution in [2.24, 2.45) is 11.8 Å². The summed E-state index contributed by atoms with van der Waals surface area (Å²) >= 11 is 0. The van der Waals surface area contributed by atoms with E-state index in [4.69, 9.17) is 0 Å². The van der Waals surface area contributed by atoms with Gasteiger partial charge < -0.3 is 5.32 Å². The molecule has 1 N–H and O–H groups in total. The maximum Gasteiger partial charge on any atom is 0.0402 e. The Hall–Kier alpha value is -0.980. The van der Waals surface area contributed by atoms with E-state index in [0.29, 0.717) is 0 Å². The van der Waals surface area contributed by atoms with Gasteiger partial charge in [-0.05, 0) is 36.3 Å². The average Bonchev–Trinajstić information content (AvgIpc) is 2.17. The van der Waals surface area contributed by atoms with Gasteiger partial charge in [0.15, 0.2) is 0 Å². The van der Waals surface area contributed by atoms with Gasteiger partial charge in [-0.2, -0.15) is 0 Å². The third-order valence-corrected chi connectivity index (χ3v) is 3.33. The average molecular weight is 189 g/mol. The third kappa shape index (κ3) is 1.63. The predicted molar refractivity (Wildman–Crippen MR) is 61.7 cm³/mol. The second-order valence-electron chi connectivity index (χ2n) is 4.70. The van der Waals surface area contributed by atoms with Gasteiger partial charge in [0.1, 0.15) is 0 Å². The molecule has 0 aliphatic carbocycles. The first-order valence-electron chi connectivity index (χ1n) is 5.51. The molecule has 2 rings (SSSR count). The Bertz CT molecular complexity index is 328. The van der Waals surface area contributed by atoms with Gasteiger partial charge in [0.2, 0.25) is 0 Å². The molecule has 14 heavy (non-hydrogen) atoms. The first-order valence-corrected chi connectivity index (χ1v) is 5.51. The summed E-state index contributed by atoms with van der Waals surface area (Å²) in [6.45, 7) is 7.94. The van der Waals surface area contributed by atoms with Crippen LogP contribution in [0.15, 0.2) is 18.2 Å². The highest BCUT2D eigenvalue weighted by Gasteiger charge is 2.21. The normalized spacial score (nSPS) is 20.4. The second-order valence-corrected chi connectivity index (χ2v) is 4.70. The van der Waals surface area contributed by atoms with Crippen LogP contribution in [0.5, 0.6) is 0 Å². The Morgan fingerprint density at radius 3 is 2.86 bits per heavy atom. The molecular weight excluding hydrogens is 170 g/mol. The lowest BCUT2D eigenvalue weighted by molar-refractivity contribution is 0.393. The number of aryl methyl sites for hydroxylation is 1. The summed E-state index contributed by atoms with van der Waals surface area (Å²) in [4.78, 5) is 0. The molecule has 1 atom stereocenters. The first-order chi connectivity index (χ1) is 6.68. The SMILES string of the molecule is Cc1cccc2c1NCC(C(C)C)C2. The van der Waals surface area contributed by atoms with Crippen molar-refractivity contribution < 1.29 is 0 Å². The zero-order valence-electron chi connectivity index (χ0n) is 9.30. The van der Waals surface area contributed by atoms with Gasteiger partial charge in [-0.3, -0.25) is 0 Å². The smallest absolute Gasteiger partial charge is 0.0402 e. The Balaban J connectivity index is 2.27. The molecule has 0 radical (unpaired) electrons. The molecule has 0 spiro atoms. The zero-order valence-corrected chi connectivity index (χ0v) is 9.30. The topological polar surface area (TPSA) is 12.0 Å². The third-order valence-electron chi connectivity index (χ3n) is 3.33. The number of fused-ring (bicyclic) bond motifs is 1. The Kier molecular flexibility index (Phi) is 2.49. The molecule has 1 heteroatoms. The van der Waals surface area contributed by atoms with Crippen LogP contribution in [0.1, 0.15) is 25.0 Å². The van der Waals surface area contributed by atoms with Gasteiger partial charge in [-0.15, -0.1) is 0 Å². The van der Waals surface area contributed by atoms with Crippen LogP contribution in [-0.4, -0.2) is 6.54 Å². The highest BCUT2D eigenvalue weighted by Crippen LogP contribution is 2.30. The molecule has 0 fully saturated rings. The molecule has 1 unspecified atom stereocenters. The van der Waals surface area contributed by atoms with Crippen LogP contribution < -0.4 is 5.32 Å². The molecule has 0 saturated carbocycles. The van der Waals surface area contributed by atoms with Crippen LogP contribution in [-0.2, 0) is 6.42 Å². The summed E-state index contributed by atoms with van der Waals surface area (Å²) in [5.74, 6) is 1.57. The number of anilines is 1. The summed E-state index contributed by atoms with van der Waals surface area (Å²) in [5, 5.41) is 3.56. The molecule has 0 amide bonds. The van der Waals surface area contributed by atoms with Crippen molar-refractivity contribution in [3.63, 3.8) is 0 Å². The van der Waals surface area contributed by atoms with Crippen LogP contribution in [0.4, 0.5) is 5.69 Å². The van der Waals surface area contributed by atoms with Crippen molar-refractivity contribution >= 4 is 5.69 Å². The summed E-state index contributed by atoms with van der Waals surface area (Å²) in [6.07, 6.45) is 1.24. The van der Waals surface area contributed by atoms with Gasteiger partial charge >= 0.3 is 0 Å². The quantitative estimate of drug-likeness (QED) is 0.715. The summed E-state index contributed by atoms with van der Waals surface area (Å²) in [7, 11) is 0. The minimum atomic E-state index is 0.774. The molecule has 1 nitrogen and oxygen atoms in total. The van der Waals surface area contributed by atoms with Gasteiger partial charge in [0, 0.05) is 12.2 Å². The van der Waals surface area contributed by atoms with Crippen LogP contribution in [0.2, 0.25) is 0 Å². The predicted octanol–water partition coefficient (Wildman–Crippen LogP) is 3.24. The van der Waals surface area contributed by atoms with E-state index >= 15 is 0 Å². The molecule has 0 bridgehead atoms. The minimum absolute atomic E-state index is 0.774. The Labute approximate surface area is 86.5 Å². The van der Waals surface area contributed by atoms with Crippen molar-refractivity contribution in [2.45, 2.75) is 27.2 Å². The van der Waals surface area contributed by atoms with E-state index in [9.17, 15) is 0 Å². The van der Waals surface area contributed by atoms with Crippen molar-refractivity contribution in [3.8, 4) is 0 Å².